The third kappa shape index (κ3) is 4.20. The van der Waals surface area contributed by atoms with Crippen LogP contribution in [0.2, 0.25) is 0 Å². The number of carbonyl (C=O) groups excluding carboxylic acids is 1. The van der Waals surface area contributed by atoms with Crippen LogP contribution in [0.15, 0.2) is 53.4 Å². The molecule has 1 heterocycles. The summed E-state index contributed by atoms with van der Waals surface area (Å²) in [6.45, 7) is 3.87. The Morgan fingerprint density at radius 1 is 1.22 bits per heavy atom. The molecule has 0 atom stereocenters. The molecule has 3 rings (SSSR count). The van der Waals surface area contributed by atoms with E-state index in [9.17, 15) is 9.59 Å². The van der Waals surface area contributed by atoms with Gasteiger partial charge >= 0.3 is 5.97 Å². The third-order valence-electron chi connectivity index (χ3n) is 3.71. The number of nitrogens with zero attached hydrogens (tertiary/aromatic N) is 1. The molecule has 5 nitrogen and oxygen atoms in total. The summed E-state index contributed by atoms with van der Waals surface area (Å²) in [6.07, 6.45) is 1.76. The van der Waals surface area contributed by atoms with Crippen LogP contribution in [-0.2, 0) is 4.79 Å². The van der Waals surface area contributed by atoms with Crippen molar-refractivity contribution in [3.63, 3.8) is 0 Å². The van der Waals surface area contributed by atoms with Gasteiger partial charge < -0.3 is 9.84 Å². The lowest BCUT2D eigenvalue weighted by Crippen LogP contribution is -2.27. The number of rotatable bonds is 5. The average molecular weight is 399 g/mol. The molecular formula is C20H17NO4S2. The molecule has 1 saturated heterocycles. The fourth-order valence-electron chi connectivity index (χ4n) is 2.57. The van der Waals surface area contributed by atoms with E-state index in [-0.39, 0.29) is 17.6 Å². The number of thioether (sulfide) groups is 1. The van der Waals surface area contributed by atoms with E-state index in [0.29, 0.717) is 20.7 Å². The molecule has 0 aliphatic carbocycles. The Morgan fingerprint density at radius 3 is 2.67 bits per heavy atom. The fraction of sp³-hybridized carbons (Fsp3) is 0.150. The maximum Gasteiger partial charge on any atom is 0.335 e. The SMILES string of the molecule is CC(C)Oc1ccccc1C=C1SC(=S)N(c2cccc(C(=O)O)c2)C1=O. The van der Waals surface area contributed by atoms with Crippen molar-refractivity contribution in [2.75, 3.05) is 4.90 Å². The number of carboxylic acid groups (broad SMARTS) is 1. The highest BCUT2D eigenvalue weighted by Gasteiger charge is 2.33. The van der Waals surface area contributed by atoms with Gasteiger partial charge in [0, 0.05) is 5.56 Å². The van der Waals surface area contributed by atoms with E-state index >= 15 is 0 Å². The molecule has 0 bridgehead atoms. The number of thiocarbonyl (C=S) groups is 1. The summed E-state index contributed by atoms with van der Waals surface area (Å²) in [5, 5.41) is 9.17. The van der Waals surface area contributed by atoms with E-state index in [1.54, 1.807) is 18.2 Å². The molecule has 1 aliphatic rings. The summed E-state index contributed by atoms with van der Waals surface area (Å²) in [6, 6.07) is 13.6. The Balaban J connectivity index is 1.94. The minimum atomic E-state index is -1.06. The van der Waals surface area contributed by atoms with E-state index in [0.717, 1.165) is 5.56 Å². The van der Waals surface area contributed by atoms with E-state index in [1.807, 2.05) is 38.1 Å². The first kappa shape index (κ1) is 19.1. The molecule has 1 fully saturated rings. The molecule has 0 unspecified atom stereocenters. The number of carboxylic acids is 1. The molecule has 0 saturated carbocycles. The van der Waals surface area contributed by atoms with Gasteiger partial charge in [-0.05, 0) is 44.2 Å². The van der Waals surface area contributed by atoms with Crippen LogP contribution >= 0.6 is 24.0 Å². The third-order valence-corrected chi connectivity index (χ3v) is 5.02. The first-order valence-corrected chi connectivity index (χ1v) is 9.46. The van der Waals surface area contributed by atoms with Gasteiger partial charge in [0.1, 0.15) is 5.75 Å². The summed E-state index contributed by atoms with van der Waals surface area (Å²) in [7, 11) is 0. The Morgan fingerprint density at radius 2 is 1.96 bits per heavy atom. The molecule has 0 radical (unpaired) electrons. The van der Waals surface area contributed by atoms with Crippen LogP contribution in [0.5, 0.6) is 5.75 Å². The number of para-hydroxylation sites is 1. The summed E-state index contributed by atoms with van der Waals surface area (Å²) < 4.78 is 6.15. The maximum absolute atomic E-state index is 12.9. The molecule has 138 valence electrons. The van der Waals surface area contributed by atoms with E-state index in [1.165, 1.54) is 28.8 Å². The molecule has 7 heteroatoms. The zero-order valence-corrected chi connectivity index (χ0v) is 16.3. The lowest BCUT2D eigenvalue weighted by Gasteiger charge is -2.15. The van der Waals surface area contributed by atoms with Crippen LogP contribution in [0.1, 0.15) is 29.8 Å². The van der Waals surface area contributed by atoms with Crippen molar-refractivity contribution in [2.24, 2.45) is 0 Å². The number of amides is 1. The molecule has 0 spiro atoms. The molecule has 1 amide bonds. The zero-order chi connectivity index (χ0) is 19.6. The standard InChI is InChI=1S/C20H17NO4S2/c1-12(2)25-16-9-4-3-6-13(16)11-17-18(22)21(20(26)27-17)15-8-5-7-14(10-15)19(23)24/h3-12H,1-2H3,(H,23,24). The fourth-order valence-corrected chi connectivity index (χ4v) is 3.86. The largest absolute Gasteiger partial charge is 0.490 e. The molecular weight excluding hydrogens is 382 g/mol. The first-order valence-electron chi connectivity index (χ1n) is 8.24. The van der Waals surface area contributed by atoms with Crippen molar-refractivity contribution in [1.29, 1.82) is 0 Å². The second kappa shape index (κ2) is 7.94. The quantitative estimate of drug-likeness (QED) is 0.586. The number of anilines is 1. The molecule has 1 N–H and O–H groups in total. The number of ether oxygens (including phenoxy) is 1. The average Bonchev–Trinajstić information content (AvgIpc) is 2.90. The summed E-state index contributed by atoms with van der Waals surface area (Å²) in [5.74, 6) is -0.657. The predicted octanol–water partition coefficient (Wildman–Crippen LogP) is 4.58. The zero-order valence-electron chi connectivity index (χ0n) is 14.7. The second-order valence-corrected chi connectivity index (χ2v) is 7.75. The Labute approximate surface area is 166 Å². The van der Waals surface area contributed by atoms with E-state index in [4.69, 9.17) is 22.1 Å². The second-order valence-electron chi connectivity index (χ2n) is 6.08. The summed E-state index contributed by atoms with van der Waals surface area (Å²) in [4.78, 5) is 25.9. The Kier molecular flexibility index (Phi) is 5.62. The minimum Gasteiger partial charge on any atom is -0.490 e. The van der Waals surface area contributed by atoms with Crippen LogP contribution in [0.4, 0.5) is 5.69 Å². The van der Waals surface area contributed by atoms with E-state index in [2.05, 4.69) is 0 Å². The smallest absolute Gasteiger partial charge is 0.335 e. The molecule has 1 aliphatic heterocycles. The highest BCUT2D eigenvalue weighted by atomic mass is 32.2. The number of carbonyl (C=O) groups is 2. The normalized spacial score (nSPS) is 15.7. The summed E-state index contributed by atoms with van der Waals surface area (Å²) >= 11 is 6.53. The first-order chi connectivity index (χ1) is 12.9. The van der Waals surface area contributed by atoms with Crippen molar-refractivity contribution < 1.29 is 19.4 Å². The van der Waals surface area contributed by atoms with Crippen LogP contribution in [0.25, 0.3) is 6.08 Å². The summed E-state index contributed by atoms with van der Waals surface area (Å²) in [5.41, 5.74) is 1.32. The number of hydrogen-bond donors (Lipinski definition) is 1. The molecule has 2 aromatic rings. The van der Waals surface area contributed by atoms with Crippen molar-refractivity contribution >= 4 is 51.9 Å². The van der Waals surface area contributed by atoms with Crippen molar-refractivity contribution in [3.05, 3.63) is 64.6 Å². The van der Waals surface area contributed by atoms with Gasteiger partial charge in [-0.1, -0.05) is 48.2 Å². The Hall–Kier alpha value is -2.64. The van der Waals surface area contributed by atoms with Crippen molar-refractivity contribution in [3.8, 4) is 5.75 Å². The monoisotopic (exact) mass is 399 g/mol. The van der Waals surface area contributed by atoms with Gasteiger partial charge in [0.05, 0.1) is 22.3 Å². The van der Waals surface area contributed by atoms with Gasteiger partial charge in [-0.15, -0.1) is 0 Å². The lowest BCUT2D eigenvalue weighted by atomic mass is 10.1. The van der Waals surface area contributed by atoms with Crippen molar-refractivity contribution in [1.82, 2.24) is 0 Å². The maximum atomic E-state index is 12.9. The molecule has 27 heavy (non-hydrogen) atoms. The topological polar surface area (TPSA) is 66.8 Å². The van der Waals surface area contributed by atoms with Gasteiger partial charge in [-0.3, -0.25) is 9.69 Å². The van der Waals surface area contributed by atoms with Gasteiger partial charge in [0.15, 0.2) is 4.32 Å². The number of hydrogen-bond acceptors (Lipinski definition) is 5. The highest BCUT2D eigenvalue weighted by molar-refractivity contribution is 8.27. The van der Waals surface area contributed by atoms with Gasteiger partial charge in [0.2, 0.25) is 0 Å². The van der Waals surface area contributed by atoms with Gasteiger partial charge in [-0.25, -0.2) is 4.79 Å². The Bertz CT molecular complexity index is 953. The predicted molar refractivity (Wildman–Crippen MR) is 111 cm³/mol. The number of aromatic carboxylic acids is 1. The minimum absolute atomic E-state index is 0.00724. The van der Waals surface area contributed by atoms with Crippen LogP contribution in [0, 0.1) is 0 Å². The van der Waals surface area contributed by atoms with Crippen LogP contribution in [-0.4, -0.2) is 27.4 Å². The molecule has 2 aromatic carbocycles. The molecule has 0 aromatic heterocycles. The van der Waals surface area contributed by atoms with Gasteiger partial charge in [-0.2, -0.15) is 0 Å². The lowest BCUT2D eigenvalue weighted by molar-refractivity contribution is -0.113. The van der Waals surface area contributed by atoms with Crippen molar-refractivity contribution in [2.45, 2.75) is 20.0 Å². The van der Waals surface area contributed by atoms with Crippen LogP contribution in [0.3, 0.4) is 0 Å². The van der Waals surface area contributed by atoms with Crippen LogP contribution < -0.4 is 9.64 Å². The van der Waals surface area contributed by atoms with Gasteiger partial charge in [0.25, 0.3) is 5.91 Å². The van der Waals surface area contributed by atoms with E-state index < -0.39 is 5.97 Å². The number of benzene rings is 2. The highest BCUT2D eigenvalue weighted by Crippen LogP contribution is 2.37.